The smallest absolute Gasteiger partial charge is 0.227 e. The summed E-state index contributed by atoms with van der Waals surface area (Å²) in [7, 11) is 0. The summed E-state index contributed by atoms with van der Waals surface area (Å²) in [5, 5.41) is 12.0. The van der Waals surface area contributed by atoms with Crippen molar-refractivity contribution in [3.8, 4) is 0 Å². The van der Waals surface area contributed by atoms with Gasteiger partial charge in [0.15, 0.2) is 0 Å². The zero-order valence-corrected chi connectivity index (χ0v) is 10.5. The number of aliphatic hydroxyl groups is 1. The van der Waals surface area contributed by atoms with Gasteiger partial charge in [-0.15, -0.1) is 0 Å². The van der Waals surface area contributed by atoms with E-state index in [0.29, 0.717) is 13.0 Å². The Balaban J connectivity index is 2.59. The Bertz CT molecular complexity index is 254. The maximum absolute atomic E-state index is 12.0. The Kier molecular flexibility index (Phi) is 3.97. The molecule has 0 spiro atoms. The maximum atomic E-state index is 12.0. The number of hydrogen-bond donors (Lipinski definition) is 3. The number of hydrogen-bond acceptors (Lipinski definition) is 3. The molecule has 0 aliphatic heterocycles. The van der Waals surface area contributed by atoms with E-state index in [1.54, 1.807) is 0 Å². The van der Waals surface area contributed by atoms with Gasteiger partial charge in [-0.2, -0.15) is 0 Å². The number of amides is 1. The minimum absolute atomic E-state index is 0.00836. The number of nitrogens with one attached hydrogen (secondary N) is 1. The third-order valence-electron chi connectivity index (χ3n) is 3.49. The molecular formula is C12H24N2O2. The summed E-state index contributed by atoms with van der Waals surface area (Å²) in [6.45, 7) is 6.72. The Morgan fingerprint density at radius 3 is 2.38 bits per heavy atom. The highest BCUT2D eigenvalue weighted by atomic mass is 16.3. The van der Waals surface area contributed by atoms with E-state index in [-0.39, 0.29) is 29.4 Å². The van der Waals surface area contributed by atoms with Crippen molar-refractivity contribution in [2.24, 2.45) is 16.6 Å². The molecule has 16 heavy (non-hydrogen) atoms. The molecular weight excluding hydrogens is 204 g/mol. The van der Waals surface area contributed by atoms with Gasteiger partial charge >= 0.3 is 0 Å². The van der Waals surface area contributed by atoms with Crippen LogP contribution in [0.5, 0.6) is 0 Å². The summed E-state index contributed by atoms with van der Waals surface area (Å²) in [4.78, 5) is 12.0. The van der Waals surface area contributed by atoms with E-state index < -0.39 is 0 Å². The van der Waals surface area contributed by atoms with Crippen molar-refractivity contribution in [1.82, 2.24) is 5.32 Å². The molecule has 1 fully saturated rings. The van der Waals surface area contributed by atoms with Crippen molar-refractivity contribution in [3.05, 3.63) is 0 Å². The fourth-order valence-electron chi connectivity index (χ4n) is 1.84. The molecule has 1 unspecified atom stereocenters. The van der Waals surface area contributed by atoms with E-state index in [9.17, 15) is 4.79 Å². The van der Waals surface area contributed by atoms with E-state index in [1.807, 2.05) is 0 Å². The van der Waals surface area contributed by atoms with E-state index >= 15 is 0 Å². The first kappa shape index (κ1) is 13.5. The lowest BCUT2D eigenvalue weighted by molar-refractivity contribution is -0.127. The second-order valence-corrected chi connectivity index (χ2v) is 5.89. The van der Waals surface area contributed by atoms with Crippen molar-refractivity contribution in [3.63, 3.8) is 0 Å². The van der Waals surface area contributed by atoms with Crippen LogP contribution in [0.2, 0.25) is 0 Å². The Morgan fingerprint density at radius 1 is 1.50 bits per heavy atom. The van der Waals surface area contributed by atoms with Gasteiger partial charge in [-0.25, -0.2) is 0 Å². The first-order valence-electron chi connectivity index (χ1n) is 5.97. The molecule has 0 radical (unpaired) electrons. The summed E-state index contributed by atoms with van der Waals surface area (Å²) in [6, 6.07) is 0.00836. The summed E-state index contributed by atoms with van der Waals surface area (Å²) in [5.74, 6) is 0.0587. The third kappa shape index (κ3) is 2.95. The molecule has 0 aromatic heterocycles. The lowest BCUT2D eigenvalue weighted by Gasteiger charge is -2.32. The summed E-state index contributed by atoms with van der Waals surface area (Å²) < 4.78 is 0. The van der Waals surface area contributed by atoms with Crippen molar-refractivity contribution >= 4 is 5.91 Å². The first-order chi connectivity index (χ1) is 7.35. The molecule has 1 rings (SSSR count). The van der Waals surface area contributed by atoms with Crippen LogP contribution in [0.1, 0.15) is 40.0 Å². The summed E-state index contributed by atoms with van der Waals surface area (Å²) in [6.07, 6.45) is 2.38. The van der Waals surface area contributed by atoms with E-state index in [0.717, 1.165) is 12.8 Å². The molecule has 0 heterocycles. The highest BCUT2D eigenvalue weighted by Crippen LogP contribution is 2.45. The topological polar surface area (TPSA) is 75.3 Å². The molecule has 1 saturated carbocycles. The fraction of sp³-hybridized carbons (Fsp3) is 0.917. The Hall–Kier alpha value is -0.610. The zero-order chi connectivity index (χ0) is 12.4. The molecule has 0 aromatic carbocycles. The number of nitrogens with two attached hydrogens (primary N) is 1. The van der Waals surface area contributed by atoms with Gasteiger partial charge in [0.05, 0.1) is 5.41 Å². The number of carbonyl (C=O) groups is 1. The van der Waals surface area contributed by atoms with Gasteiger partial charge in [-0.3, -0.25) is 4.79 Å². The first-order valence-corrected chi connectivity index (χ1v) is 5.97. The molecule has 0 saturated heterocycles. The fourth-order valence-corrected chi connectivity index (χ4v) is 1.84. The van der Waals surface area contributed by atoms with E-state index in [1.165, 1.54) is 0 Å². The zero-order valence-electron chi connectivity index (χ0n) is 10.5. The van der Waals surface area contributed by atoms with Gasteiger partial charge in [0.25, 0.3) is 0 Å². The molecule has 1 atom stereocenters. The minimum atomic E-state index is -0.307. The number of aliphatic hydroxyl groups excluding tert-OH is 1. The van der Waals surface area contributed by atoms with Crippen molar-refractivity contribution in [1.29, 1.82) is 0 Å². The van der Waals surface area contributed by atoms with Crippen molar-refractivity contribution in [2.75, 3.05) is 13.2 Å². The summed E-state index contributed by atoms with van der Waals surface area (Å²) in [5.41, 5.74) is 5.27. The van der Waals surface area contributed by atoms with Gasteiger partial charge in [0, 0.05) is 19.2 Å². The Morgan fingerprint density at radius 2 is 2.06 bits per heavy atom. The van der Waals surface area contributed by atoms with Gasteiger partial charge in [-0.1, -0.05) is 20.8 Å². The summed E-state index contributed by atoms with van der Waals surface area (Å²) >= 11 is 0. The molecule has 0 bridgehead atoms. The van der Waals surface area contributed by atoms with Crippen molar-refractivity contribution in [2.45, 2.75) is 46.1 Å². The van der Waals surface area contributed by atoms with Gasteiger partial charge in [0.2, 0.25) is 5.91 Å². The van der Waals surface area contributed by atoms with Crippen LogP contribution in [0.4, 0.5) is 0 Å². The monoisotopic (exact) mass is 228 g/mol. The largest absolute Gasteiger partial charge is 0.396 e. The normalized spacial score (nSPS) is 20.3. The highest BCUT2D eigenvalue weighted by Gasteiger charge is 2.49. The van der Waals surface area contributed by atoms with Crippen molar-refractivity contribution < 1.29 is 9.90 Å². The number of rotatable bonds is 5. The minimum Gasteiger partial charge on any atom is -0.396 e. The van der Waals surface area contributed by atoms with Crippen LogP contribution in [0.25, 0.3) is 0 Å². The SMILES string of the molecule is CC(C)(C)C(CCO)NC(=O)C1(CN)CC1. The second-order valence-electron chi connectivity index (χ2n) is 5.89. The van der Waals surface area contributed by atoms with Crippen LogP contribution in [-0.2, 0) is 4.79 Å². The predicted octanol–water partition coefficient (Wildman–Crippen LogP) is 0.639. The molecule has 1 aliphatic rings. The van der Waals surface area contributed by atoms with Gasteiger partial charge in [0.1, 0.15) is 0 Å². The average Bonchev–Trinajstić information content (AvgIpc) is 2.96. The molecule has 1 amide bonds. The standard InChI is InChI=1S/C12H24N2O2/c1-11(2,3)9(4-7-15)14-10(16)12(8-13)5-6-12/h9,15H,4-8,13H2,1-3H3,(H,14,16). The second kappa shape index (κ2) is 4.72. The van der Waals surface area contributed by atoms with Gasteiger partial charge in [-0.05, 0) is 24.7 Å². The Labute approximate surface area is 97.6 Å². The molecule has 4 N–H and O–H groups in total. The molecule has 4 nitrogen and oxygen atoms in total. The highest BCUT2D eigenvalue weighted by molar-refractivity contribution is 5.85. The lowest BCUT2D eigenvalue weighted by atomic mass is 9.84. The van der Waals surface area contributed by atoms with Gasteiger partial charge < -0.3 is 16.2 Å². The van der Waals surface area contributed by atoms with Crippen LogP contribution in [-0.4, -0.2) is 30.2 Å². The quantitative estimate of drug-likeness (QED) is 0.646. The lowest BCUT2D eigenvalue weighted by Crippen LogP contribution is -2.48. The third-order valence-corrected chi connectivity index (χ3v) is 3.49. The predicted molar refractivity (Wildman–Crippen MR) is 63.8 cm³/mol. The molecule has 94 valence electrons. The molecule has 4 heteroatoms. The van der Waals surface area contributed by atoms with Crippen LogP contribution in [0, 0.1) is 10.8 Å². The maximum Gasteiger partial charge on any atom is 0.227 e. The van der Waals surface area contributed by atoms with Crippen LogP contribution in [0.15, 0.2) is 0 Å². The van der Waals surface area contributed by atoms with Crippen LogP contribution >= 0.6 is 0 Å². The van der Waals surface area contributed by atoms with Crippen LogP contribution in [0.3, 0.4) is 0 Å². The number of carbonyl (C=O) groups excluding carboxylic acids is 1. The molecule has 1 aliphatic carbocycles. The average molecular weight is 228 g/mol. The van der Waals surface area contributed by atoms with E-state index in [4.69, 9.17) is 10.8 Å². The molecule has 0 aromatic rings. The van der Waals surface area contributed by atoms with E-state index in [2.05, 4.69) is 26.1 Å². The van der Waals surface area contributed by atoms with Crippen LogP contribution < -0.4 is 11.1 Å².